The van der Waals surface area contributed by atoms with Crippen molar-refractivity contribution < 1.29 is 38.1 Å². The fourth-order valence-corrected chi connectivity index (χ4v) is 4.41. The van der Waals surface area contributed by atoms with Gasteiger partial charge in [-0.2, -0.15) is 5.10 Å². The average molecular weight is 605 g/mol. The molecule has 0 unspecified atom stereocenters. The average Bonchev–Trinajstić information content (AvgIpc) is 2.91. The molecule has 39 heavy (non-hydrogen) atoms. The molecule has 0 saturated heterocycles. The van der Waals surface area contributed by atoms with Gasteiger partial charge in [0.25, 0.3) is 5.91 Å². The summed E-state index contributed by atoms with van der Waals surface area (Å²) in [6, 6.07) is 7.11. The molecule has 0 fully saturated rings. The largest absolute Gasteiger partial charge is 0.493 e. The maximum Gasteiger partial charge on any atom is 0.337 e. The van der Waals surface area contributed by atoms with E-state index in [2.05, 4.69) is 37.1 Å². The van der Waals surface area contributed by atoms with Crippen molar-refractivity contribution in [2.45, 2.75) is 19.9 Å². The molecule has 0 bridgehead atoms. The number of hydrogen-bond acceptors (Lipinski definition) is 9. The zero-order valence-electron chi connectivity index (χ0n) is 22.0. The minimum Gasteiger partial charge on any atom is -0.493 e. The molecule has 3 N–H and O–H groups in total. The number of carbonyl (C=O) groups is 3. The quantitative estimate of drug-likeness (QED) is 0.201. The van der Waals surface area contributed by atoms with Crippen molar-refractivity contribution in [2.75, 3.05) is 34.5 Å². The third-order valence-corrected chi connectivity index (χ3v) is 6.08. The van der Waals surface area contributed by atoms with Gasteiger partial charge in [-0.25, -0.2) is 15.0 Å². The number of esters is 1. The highest BCUT2D eigenvalue weighted by Gasteiger charge is 2.32. The Bertz CT molecular complexity index is 1310. The number of allylic oxidation sites excluding steroid dienone is 1. The minimum atomic E-state index is -0.770. The molecular weight excluding hydrogens is 576 g/mol. The van der Waals surface area contributed by atoms with Gasteiger partial charge in [-0.05, 0) is 65.2 Å². The van der Waals surface area contributed by atoms with Gasteiger partial charge in [0.2, 0.25) is 0 Å². The van der Waals surface area contributed by atoms with E-state index in [1.807, 2.05) is 6.92 Å². The van der Waals surface area contributed by atoms with Crippen LogP contribution in [-0.2, 0) is 14.3 Å². The van der Waals surface area contributed by atoms with E-state index < -0.39 is 23.9 Å². The van der Waals surface area contributed by atoms with Crippen LogP contribution in [0.4, 0.5) is 4.79 Å². The molecule has 208 valence electrons. The molecule has 0 radical (unpaired) electrons. The summed E-state index contributed by atoms with van der Waals surface area (Å²) in [6.45, 7) is 3.58. The Labute approximate surface area is 233 Å². The molecule has 3 amide bonds. The maximum absolute atomic E-state index is 12.3. The summed E-state index contributed by atoms with van der Waals surface area (Å²) in [6.07, 6.45) is 1.46. The molecule has 0 spiro atoms. The van der Waals surface area contributed by atoms with E-state index in [0.717, 1.165) is 0 Å². The van der Waals surface area contributed by atoms with Gasteiger partial charge in [-0.15, -0.1) is 0 Å². The third kappa shape index (κ3) is 7.19. The standard InChI is InChI=1S/C26H29BrN4O8/c1-6-38-20-10-15(9-17(27)24(20)36-4)12-28-31-21(32)13-39-18-8-7-16(11-19(18)35-3)23-22(25(33)37-5)14(2)29-26(34)30-23/h7-12,23H,6,13H2,1-5H3,(H,31,32)(H2,29,30,34)/b28-12-/t23-/m1/s1. The van der Waals surface area contributed by atoms with E-state index in [1.165, 1.54) is 20.4 Å². The summed E-state index contributed by atoms with van der Waals surface area (Å²) in [5.41, 5.74) is 4.26. The van der Waals surface area contributed by atoms with Gasteiger partial charge in [-0.1, -0.05) is 6.07 Å². The van der Waals surface area contributed by atoms with Crippen molar-refractivity contribution in [3.63, 3.8) is 0 Å². The van der Waals surface area contributed by atoms with E-state index in [-0.39, 0.29) is 17.9 Å². The number of benzene rings is 2. The Morgan fingerprint density at radius 1 is 1.08 bits per heavy atom. The van der Waals surface area contributed by atoms with Crippen LogP contribution in [0, 0.1) is 0 Å². The molecular formula is C26H29BrN4O8. The van der Waals surface area contributed by atoms with Gasteiger partial charge in [0.15, 0.2) is 29.6 Å². The SMILES string of the molecule is CCOc1cc(/C=N\NC(=O)COc2ccc([C@H]3NC(=O)NC(C)=C3C(=O)OC)cc2OC)cc(Br)c1OC. The number of ether oxygens (including phenoxy) is 5. The summed E-state index contributed by atoms with van der Waals surface area (Å²) < 4.78 is 27.5. The lowest BCUT2D eigenvalue weighted by molar-refractivity contribution is -0.136. The lowest BCUT2D eigenvalue weighted by atomic mass is 9.95. The van der Waals surface area contributed by atoms with E-state index in [9.17, 15) is 14.4 Å². The van der Waals surface area contributed by atoms with Crippen molar-refractivity contribution in [2.24, 2.45) is 5.10 Å². The number of nitrogens with one attached hydrogen (secondary N) is 3. The maximum atomic E-state index is 12.3. The number of amides is 3. The summed E-state index contributed by atoms with van der Waals surface area (Å²) in [7, 11) is 4.24. The number of hydrogen-bond donors (Lipinski definition) is 3. The molecule has 1 heterocycles. The van der Waals surface area contributed by atoms with E-state index in [4.69, 9.17) is 23.7 Å². The fraction of sp³-hybridized carbons (Fsp3) is 0.308. The Morgan fingerprint density at radius 2 is 1.85 bits per heavy atom. The van der Waals surface area contributed by atoms with Gasteiger partial charge in [0.05, 0.1) is 50.2 Å². The van der Waals surface area contributed by atoms with E-state index in [0.29, 0.717) is 45.2 Å². The number of rotatable bonds is 11. The number of methoxy groups -OCH3 is 3. The molecule has 13 heteroatoms. The number of nitrogens with zero attached hydrogens (tertiary/aromatic N) is 1. The molecule has 0 saturated carbocycles. The highest BCUT2D eigenvalue weighted by atomic mass is 79.9. The highest BCUT2D eigenvalue weighted by Crippen LogP contribution is 2.36. The van der Waals surface area contributed by atoms with Crippen LogP contribution in [0.5, 0.6) is 23.0 Å². The summed E-state index contributed by atoms with van der Waals surface area (Å²) in [5, 5.41) is 9.24. The Kier molecular flexibility index (Phi) is 10.1. The topological polar surface area (TPSA) is 146 Å². The Morgan fingerprint density at radius 3 is 2.51 bits per heavy atom. The van der Waals surface area contributed by atoms with E-state index in [1.54, 1.807) is 44.4 Å². The number of carbonyl (C=O) groups excluding carboxylic acids is 3. The smallest absolute Gasteiger partial charge is 0.337 e. The van der Waals surface area contributed by atoms with Crippen molar-refractivity contribution in [1.29, 1.82) is 0 Å². The molecule has 12 nitrogen and oxygen atoms in total. The first kappa shape index (κ1) is 29.3. The first-order chi connectivity index (χ1) is 18.7. The fourth-order valence-electron chi connectivity index (χ4n) is 3.79. The first-order valence-corrected chi connectivity index (χ1v) is 12.5. The second-order valence-electron chi connectivity index (χ2n) is 8.02. The normalized spacial score (nSPS) is 14.8. The van der Waals surface area contributed by atoms with E-state index >= 15 is 0 Å². The summed E-state index contributed by atoms with van der Waals surface area (Å²) in [4.78, 5) is 36.7. The number of hydrazone groups is 1. The monoisotopic (exact) mass is 604 g/mol. The molecule has 0 aromatic heterocycles. The lowest BCUT2D eigenvalue weighted by Gasteiger charge is -2.28. The predicted molar refractivity (Wildman–Crippen MR) is 145 cm³/mol. The zero-order chi connectivity index (χ0) is 28.5. The molecule has 1 aliphatic heterocycles. The highest BCUT2D eigenvalue weighted by molar-refractivity contribution is 9.10. The summed E-state index contributed by atoms with van der Waals surface area (Å²) in [5.74, 6) is 0.576. The van der Waals surface area contributed by atoms with Crippen LogP contribution in [0.25, 0.3) is 0 Å². The molecule has 0 aliphatic carbocycles. The van der Waals surface area contributed by atoms with Gasteiger partial charge in [-0.3, -0.25) is 4.79 Å². The molecule has 3 rings (SSSR count). The predicted octanol–water partition coefficient (Wildman–Crippen LogP) is 3.20. The van der Waals surface area contributed by atoms with Crippen molar-refractivity contribution in [1.82, 2.24) is 16.1 Å². The van der Waals surface area contributed by atoms with Crippen LogP contribution in [0.2, 0.25) is 0 Å². The number of urea groups is 1. The van der Waals surface area contributed by atoms with Crippen LogP contribution >= 0.6 is 15.9 Å². The Balaban J connectivity index is 1.68. The summed E-state index contributed by atoms with van der Waals surface area (Å²) >= 11 is 3.43. The molecule has 2 aromatic rings. The van der Waals surface area contributed by atoms with Crippen LogP contribution in [0.15, 0.2) is 51.2 Å². The zero-order valence-corrected chi connectivity index (χ0v) is 23.6. The third-order valence-electron chi connectivity index (χ3n) is 5.49. The van der Waals surface area contributed by atoms with Crippen LogP contribution in [-0.4, -0.2) is 58.7 Å². The molecule has 1 atom stereocenters. The second kappa shape index (κ2) is 13.5. The van der Waals surface area contributed by atoms with Crippen molar-refractivity contribution in [3.05, 3.63) is 57.2 Å². The van der Waals surface area contributed by atoms with Crippen LogP contribution in [0.1, 0.15) is 31.0 Å². The Hall–Kier alpha value is -4.26. The van der Waals surface area contributed by atoms with Gasteiger partial charge in [0.1, 0.15) is 0 Å². The first-order valence-electron chi connectivity index (χ1n) is 11.7. The van der Waals surface area contributed by atoms with Gasteiger partial charge >= 0.3 is 12.0 Å². The van der Waals surface area contributed by atoms with Gasteiger partial charge < -0.3 is 34.3 Å². The second-order valence-corrected chi connectivity index (χ2v) is 8.88. The minimum absolute atomic E-state index is 0.252. The number of halogens is 1. The molecule has 1 aliphatic rings. The van der Waals surface area contributed by atoms with Crippen LogP contribution < -0.4 is 35.0 Å². The van der Waals surface area contributed by atoms with Crippen LogP contribution in [0.3, 0.4) is 0 Å². The van der Waals surface area contributed by atoms with Gasteiger partial charge in [0, 0.05) is 5.70 Å². The molecule has 2 aromatic carbocycles. The van der Waals surface area contributed by atoms with Crippen molar-refractivity contribution in [3.8, 4) is 23.0 Å². The lowest BCUT2D eigenvalue weighted by Crippen LogP contribution is -2.45. The van der Waals surface area contributed by atoms with Crippen molar-refractivity contribution >= 4 is 40.1 Å².